The van der Waals surface area contributed by atoms with Crippen molar-refractivity contribution < 1.29 is 37.8 Å². The van der Waals surface area contributed by atoms with Crippen molar-refractivity contribution in [3.63, 3.8) is 0 Å². The molecule has 0 unspecified atom stereocenters. The maximum absolute atomic E-state index is 12.0. The molecule has 2 aromatic rings. The van der Waals surface area contributed by atoms with Gasteiger partial charge in [-0.25, -0.2) is 9.59 Å². The third-order valence-corrected chi connectivity index (χ3v) is 4.78. The van der Waals surface area contributed by atoms with E-state index in [0.717, 1.165) is 11.1 Å². The lowest BCUT2D eigenvalue weighted by atomic mass is 10.1. The molecule has 0 saturated carbocycles. The van der Waals surface area contributed by atoms with E-state index in [4.69, 9.17) is 28.3 Å². The maximum atomic E-state index is 12.0. The Balaban J connectivity index is 1.50. The van der Waals surface area contributed by atoms with E-state index in [-0.39, 0.29) is 7.69 Å². The summed E-state index contributed by atoms with van der Waals surface area (Å²) < 4.78 is 32.1. The van der Waals surface area contributed by atoms with Gasteiger partial charge in [0.1, 0.15) is 34.1 Å². The molecule has 0 aliphatic carbocycles. The summed E-state index contributed by atoms with van der Waals surface area (Å²) >= 11 is 0. The first-order chi connectivity index (χ1) is 14.1. The quantitative estimate of drug-likeness (QED) is 0.538. The number of benzene rings is 2. The van der Waals surface area contributed by atoms with E-state index in [1.165, 1.54) is 14.2 Å². The standard InChI is InChI=1S/C20H19BO8/c1-24-19(22)15-9-13(7-11-3-5-26-17(11)15)28-21-29-14-8-12-4-6-27-18(12)16(10-14)20(23)25-2/h7-10,21H,3-6H2,1-2H3. The molecular weight excluding hydrogens is 379 g/mol. The second-order valence-corrected chi connectivity index (χ2v) is 6.50. The van der Waals surface area contributed by atoms with Crippen LogP contribution in [0.15, 0.2) is 24.3 Å². The van der Waals surface area contributed by atoms with E-state index < -0.39 is 11.9 Å². The van der Waals surface area contributed by atoms with Gasteiger partial charge < -0.3 is 28.3 Å². The highest BCUT2D eigenvalue weighted by Gasteiger charge is 2.25. The molecule has 4 rings (SSSR count). The largest absolute Gasteiger partial charge is 0.576 e. The van der Waals surface area contributed by atoms with Crippen molar-refractivity contribution in [2.45, 2.75) is 12.8 Å². The van der Waals surface area contributed by atoms with Crippen LogP contribution in [-0.2, 0) is 22.3 Å². The Bertz CT molecular complexity index is 894. The van der Waals surface area contributed by atoms with Gasteiger partial charge in [0.15, 0.2) is 0 Å². The molecule has 0 bridgehead atoms. The SMILES string of the molecule is COC(=O)c1cc(OBOc2cc3c(c(C(=O)OC)c2)OCC3)cc2c1OCC2. The van der Waals surface area contributed by atoms with Crippen LogP contribution in [0.2, 0.25) is 0 Å². The zero-order chi connectivity index (χ0) is 20.4. The van der Waals surface area contributed by atoms with Crippen LogP contribution in [0, 0.1) is 0 Å². The van der Waals surface area contributed by atoms with Crippen molar-refractivity contribution in [2.24, 2.45) is 0 Å². The molecular formula is C20H19BO8. The Morgan fingerprint density at radius 1 is 0.793 bits per heavy atom. The summed E-state index contributed by atoms with van der Waals surface area (Å²) in [7, 11) is 2.52. The molecule has 0 fully saturated rings. The molecule has 2 aromatic carbocycles. The van der Waals surface area contributed by atoms with Crippen LogP contribution < -0.4 is 18.8 Å². The van der Waals surface area contributed by atoms with Crippen LogP contribution in [0.4, 0.5) is 0 Å². The van der Waals surface area contributed by atoms with Crippen LogP contribution >= 0.6 is 0 Å². The van der Waals surface area contributed by atoms with E-state index in [0.29, 0.717) is 60.2 Å². The first kappa shape index (κ1) is 19.0. The fraction of sp³-hybridized carbons (Fsp3) is 0.300. The van der Waals surface area contributed by atoms with Gasteiger partial charge in [-0.3, -0.25) is 0 Å². The van der Waals surface area contributed by atoms with Gasteiger partial charge in [0.25, 0.3) is 0 Å². The first-order valence-corrected chi connectivity index (χ1v) is 9.12. The van der Waals surface area contributed by atoms with Crippen LogP contribution in [0.1, 0.15) is 31.8 Å². The smallest absolute Gasteiger partial charge is 0.528 e. The van der Waals surface area contributed by atoms with Crippen LogP contribution in [0.5, 0.6) is 23.0 Å². The number of methoxy groups -OCH3 is 2. The molecule has 2 aliphatic heterocycles. The molecule has 0 aromatic heterocycles. The van der Waals surface area contributed by atoms with Crippen molar-refractivity contribution in [1.82, 2.24) is 0 Å². The van der Waals surface area contributed by atoms with Crippen molar-refractivity contribution in [3.8, 4) is 23.0 Å². The Labute approximate surface area is 167 Å². The van der Waals surface area contributed by atoms with Gasteiger partial charge in [-0.2, -0.15) is 0 Å². The summed E-state index contributed by atoms with van der Waals surface area (Å²) in [6.45, 7) is 1.01. The number of ether oxygens (including phenoxy) is 4. The van der Waals surface area contributed by atoms with Crippen LogP contribution in [0.25, 0.3) is 0 Å². The molecule has 0 radical (unpaired) electrons. The molecule has 29 heavy (non-hydrogen) atoms. The highest BCUT2D eigenvalue weighted by molar-refractivity contribution is 6.21. The molecule has 2 heterocycles. The van der Waals surface area contributed by atoms with Gasteiger partial charge in [-0.15, -0.1) is 0 Å². The van der Waals surface area contributed by atoms with Gasteiger partial charge >= 0.3 is 19.6 Å². The third-order valence-electron chi connectivity index (χ3n) is 4.78. The summed E-state index contributed by atoms with van der Waals surface area (Å²) in [6, 6.07) is 6.76. The topological polar surface area (TPSA) is 89.5 Å². The molecule has 8 nitrogen and oxygen atoms in total. The van der Waals surface area contributed by atoms with Crippen molar-refractivity contribution in [3.05, 3.63) is 46.5 Å². The van der Waals surface area contributed by atoms with Crippen molar-refractivity contribution in [1.29, 1.82) is 0 Å². The average Bonchev–Trinajstić information content (AvgIpc) is 3.40. The minimum Gasteiger partial charge on any atom is -0.528 e. The molecule has 9 heteroatoms. The van der Waals surface area contributed by atoms with Crippen molar-refractivity contribution >= 4 is 19.6 Å². The van der Waals surface area contributed by atoms with Crippen LogP contribution in [0.3, 0.4) is 0 Å². The molecule has 2 aliphatic rings. The van der Waals surface area contributed by atoms with Gasteiger partial charge in [0.2, 0.25) is 0 Å². The fourth-order valence-corrected chi connectivity index (χ4v) is 3.41. The summed E-state index contributed by atoms with van der Waals surface area (Å²) in [6.07, 6.45) is 1.37. The minimum atomic E-state index is -0.490. The van der Waals surface area contributed by atoms with E-state index in [1.807, 2.05) is 12.1 Å². The van der Waals surface area contributed by atoms with Gasteiger partial charge in [-0.1, -0.05) is 0 Å². The van der Waals surface area contributed by atoms with E-state index in [2.05, 4.69) is 0 Å². The predicted octanol–water partition coefficient (Wildman–Crippen LogP) is 1.85. The summed E-state index contributed by atoms with van der Waals surface area (Å²) in [5.74, 6) is 1.02. The molecule has 0 N–H and O–H groups in total. The lowest BCUT2D eigenvalue weighted by Crippen LogP contribution is -2.13. The molecule has 150 valence electrons. The van der Waals surface area contributed by atoms with Gasteiger partial charge in [0.05, 0.1) is 27.4 Å². The lowest BCUT2D eigenvalue weighted by Gasteiger charge is -2.13. The van der Waals surface area contributed by atoms with Gasteiger partial charge in [0, 0.05) is 24.0 Å². The molecule has 0 atom stereocenters. The zero-order valence-electron chi connectivity index (χ0n) is 16.1. The summed E-state index contributed by atoms with van der Waals surface area (Å²) in [4.78, 5) is 24.0. The second-order valence-electron chi connectivity index (χ2n) is 6.50. The molecule has 0 saturated heterocycles. The maximum Gasteiger partial charge on any atom is 0.576 e. The van der Waals surface area contributed by atoms with Gasteiger partial charge in [-0.05, 0) is 24.3 Å². The first-order valence-electron chi connectivity index (χ1n) is 9.12. The second kappa shape index (κ2) is 7.94. The Morgan fingerprint density at radius 3 is 1.66 bits per heavy atom. The number of esters is 2. The Hall–Kier alpha value is -3.36. The van der Waals surface area contributed by atoms with Crippen LogP contribution in [-0.4, -0.2) is 47.1 Å². The number of fused-ring (bicyclic) bond motifs is 2. The summed E-state index contributed by atoms with van der Waals surface area (Å²) in [5, 5.41) is 0. The normalized spacial score (nSPS) is 13.4. The lowest BCUT2D eigenvalue weighted by molar-refractivity contribution is 0.0587. The van der Waals surface area contributed by atoms with E-state index in [1.54, 1.807) is 12.1 Å². The highest BCUT2D eigenvalue weighted by atomic mass is 16.6. The number of hydrogen-bond donors (Lipinski definition) is 0. The predicted molar refractivity (Wildman–Crippen MR) is 102 cm³/mol. The Kier molecular flexibility index (Phi) is 5.20. The van der Waals surface area contributed by atoms with Crippen molar-refractivity contribution in [2.75, 3.05) is 27.4 Å². The minimum absolute atomic E-state index is 0.111. The summed E-state index contributed by atoms with van der Waals surface area (Å²) in [5.41, 5.74) is 2.40. The monoisotopic (exact) mass is 398 g/mol. The average molecular weight is 398 g/mol. The number of hydrogen-bond acceptors (Lipinski definition) is 8. The third kappa shape index (κ3) is 3.67. The fourth-order valence-electron chi connectivity index (χ4n) is 3.41. The molecule has 0 amide bonds. The number of carbonyl (C=O) groups excluding carboxylic acids is 2. The Morgan fingerprint density at radius 2 is 1.24 bits per heavy atom. The zero-order valence-corrected chi connectivity index (χ0v) is 16.1. The van der Waals surface area contributed by atoms with E-state index in [9.17, 15) is 9.59 Å². The number of rotatable bonds is 6. The highest BCUT2D eigenvalue weighted by Crippen LogP contribution is 2.35. The molecule has 0 spiro atoms. The number of carbonyl (C=O) groups is 2. The van der Waals surface area contributed by atoms with E-state index >= 15 is 0 Å².